The van der Waals surface area contributed by atoms with Gasteiger partial charge in [-0.25, -0.2) is 14.4 Å². The van der Waals surface area contributed by atoms with E-state index < -0.39 is 0 Å². The smallest absolute Gasteiger partial charge is 0.129 e. The number of nitrogens with zero attached hydrogens (tertiary/aromatic N) is 4. The van der Waals surface area contributed by atoms with Gasteiger partial charge in [-0.15, -0.1) is 0 Å². The summed E-state index contributed by atoms with van der Waals surface area (Å²) in [5, 5.41) is 0.975. The van der Waals surface area contributed by atoms with Crippen molar-refractivity contribution in [3.05, 3.63) is 59.5 Å². The number of aromatic amines is 1. The van der Waals surface area contributed by atoms with Crippen LogP contribution in [0.5, 0.6) is 0 Å². The number of benzene rings is 1. The molecule has 2 aliphatic heterocycles. The molecule has 0 spiro atoms. The first-order chi connectivity index (χ1) is 14.7. The summed E-state index contributed by atoms with van der Waals surface area (Å²) in [6.07, 6.45) is 4.70. The number of halogens is 1. The van der Waals surface area contributed by atoms with Crippen LogP contribution in [0.4, 0.5) is 16.0 Å². The Morgan fingerprint density at radius 3 is 2.30 bits per heavy atom. The maximum Gasteiger partial charge on any atom is 0.129 e. The third-order valence-electron chi connectivity index (χ3n) is 6.45. The predicted octanol–water partition coefficient (Wildman–Crippen LogP) is 4.80. The molecule has 0 amide bonds. The molecule has 1 fully saturated rings. The van der Waals surface area contributed by atoms with Crippen LogP contribution in [0.1, 0.15) is 30.5 Å². The second kappa shape index (κ2) is 6.97. The molecule has 0 radical (unpaired) electrons. The zero-order chi connectivity index (χ0) is 20.1. The van der Waals surface area contributed by atoms with Crippen LogP contribution >= 0.6 is 0 Å². The summed E-state index contributed by atoms with van der Waals surface area (Å²) in [7, 11) is 0. The Labute approximate surface area is 174 Å². The van der Waals surface area contributed by atoms with E-state index in [0.717, 1.165) is 66.2 Å². The minimum Gasteiger partial charge on any atom is -0.358 e. The largest absolute Gasteiger partial charge is 0.358 e. The average molecular weight is 401 g/mol. The van der Waals surface area contributed by atoms with Crippen molar-refractivity contribution in [3.63, 3.8) is 0 Å². The van der Waals surface area contributed by atoms with E-state index in [9.17, 15) is 4.39 Å². The molecule has 152 valence electrons. The summed E-state index contributed by atoms with van der Waals surface area (Å²) in [6, 6.07) is 13.3. The number of piperidine rings is 1. The molecule has 5 heterocycles. The average Bonchev–Trinajstić information content (AvgIpc) is 3.16. The lowest BCUT2D eigenvalue weighted by molar-refractivity contribution is 0.574. The molecule has 0 unspecified atom stereocenters. The fourth-order valence-corrected chi connectivity index (χ4v) is 4.85. The predicted molar refractivity (Wildman–Crippen MR) is 119 cm³/mol. The number of rotatable bonds is 2. The maximum atomic E-state index is 13.8. The lowest BCUT2D eigenvalue weighted by Crippen LogP contribution is -2.31. The van der Waals surface area contributed by atoms with Gasteiger partial charge < -0.3 is 14.8 Å². The molecule has 4 aromatic rings. The molecule has 1 N–H and O–H groups in total. The van der Waals surface area contributed by atoms with Crippen molar-refractivity contribution in [3.8, 4) is 0 Å². The van der Waals surface area contributed by atoms with Gasteiger partial charge in [-0.3, -0.25) is 0 Å². The summed E-state index contributed by atoms with van der Waals surface area (Å²) in [4.78, 5) is 17.9. The van der Waals surface area contributed by atoms with Crippen molar-refractivity contribution in [2.75, 3.05) is 29.4 Å². The molecule has 2 aliphatic rings. The molecular weight excluding hydrogens is 377 g/mol. The summed E-state index contributed by atoms with van der Waals surface area (Å²) in [6.45, 7) is 3.80. The third kappa shape index (κ3) is 2.98. The molecule has 3 aromatic heterocycles. The van der Waals surface area contributed by atoms with Crippen molar-refractivity contribution in [1.29, 1.82) is 0 Å². The number of hydrogen-bond acceptors (Lipinski definition) is 4. The number of aromatic nitrogens is 3. The van der Waals surface area contributed by atoms with Crippen molar-refractivity contribution >= 4 is 33.6 Å². The Morgan fingerprint density at radius 1 is 0.800 bits per heavy atom. The first-order valence-electron chi connectivity index (χ1n) is 10.8. The number of pyridine rings is 2. The summed E-state index contributed by atoms with van der Waals surface area (Å²) < 4.78 is 13.8. The van der Waals surface area contributed by atoms with Crippen LogP contribution in [0.15, 0.2) is 42.5 Å². The van der Waals surface area contributed by atoms with Gasteiger partial charge in [-0.1, -0.05) is 0 Å². The van der Waals surface area contributed by atoms with E-state index in [1.54, 1.807) is 6.07 Å². The van der Waals surface area contributed by atoms with Gasteiger partial charge in [0.2, 0.25) is 0 Å². The highest BCUT2D eigenvalue weighted by Gasteiger charge is 2.22. The van der Waals surface area contributed by atoms with Crippen molar-refractivity contribution in [1.82, 2.24) is 15.0 Å². The van der Waals surface area contributed by atoms with E-state index >= 15 is 0 Å². The lowest BCUT2D eigenvalue weighted by Gasteiger charge is -2.29. The SMILES string of the molecule is Fc1ccc2[nH]c3c(c2c1)CN(c1ccc2nc(N4CCCCC4)ccc2n1)CC3. The van der Waals surface area contributed by atoms with Crippen molar-refractivity contribution in [2.24, 2.45) is 0 Å². The van der Waals surface area contributed by atoms with Crippen LogP contribution in [0.3, 0.4) is 0 Å². The number of H-pyrrole nitrogens is 1. The molecule has 0 saturated carbocycles. The van der Waals surface area contributed by atoms with Gasteiger partial charge in [0, 0.05) is 54.8 Å². The minimum atomic E-state index is -0.194. The van der Waals surface area contributed by atoms with E-state index in [-0.39, 0.29) is 5.82 Å². The highest BCUT2D eigenvalue weighted by atomic mass is 19.1. The van der Waals surface area contributed by atoms with Gasteiger partial charge in [-0.2, -0.15) is 0 Å². The van der Waals surface area contributed by atoms with E-state index in [1.165, 1.54) is 36.6 Å². The first-order valence-corrected chi connectivity index (χ1v) is 10.8. The molecule has 0 bridgehead atoms. The number of hydrogen-bond donors (Lipinski definition) is 1. The van der Waals surface area contributed by atoms with Gasteiger partial charge in [0.1, 0.15) is 17.5 Å². The van der Waals surface area contributed by atoms with Crippen molar-refractivity contribution in [2.45, 2.75) is 32.2 Å². The summed E-state index contributed by atoms with van der Waals surface area (Å²) in [5.74, 6) is 1.81. The molecule has 0 atom stereocenters. The van der Waals surface area contributed by atoms with Gasteiger partial charge >= 0.3 is 0 Å². The Morgan fingerprint density at radius 2 is 1.53 bits per heavy atom. The van der Waals surface area contributed by atoms with E-state index in [1.807, 2.05) is 6.07 Å². The molecule has 5 nitrogen and oxygen atoms in total. The molecule has 1 saturated heterocycles. The quantitative estimate of drug-likeness (QED) is 0.524. The lowest BCUT2D eigenvalue weighted by atomic mass is 10.0. The van der Waals surface area contributed by atoms with E-state index in [0.29, 0.717) is 0 Å². The van der Waals surface area contributed by atoms with Crippen LogP contribution < -0.4 is 9.80 Å². The Hall–Kier alpha value is -3.15. The molecular formula is C24H24FN5. The standard InChI is InChI=1S/C24H24FN5/c25-16-4-5-19-17(14-16)18-15-30(13-10-20(18)26-19)24-9-7-21-22(28-24)6-8-23(27-21)29-11-2-1-3-12-29/h4-9,14,26H,1-3,10-13,15H2. The van der Waals surface area contributed by atoms with Crippen LogP contribution in [0.2, 0.25) is 0 Å². The normalized spacial score (nSPS) is 17.0. The van der Waals surface area contributed by atoms with Crippen LogP contribution in [-0.2, 0) is 13.0 Å². The summed E-state index contributed by atoms with van der Waals surface area (Å²) >= 11 is 0. The Balaban J connectivity index is 1.31. The Bertz CT molecular complexity index is 1240. The van der Waals surface area contributed by atoms with E-state index in [4.69, 9.17) is 9.97 Å². The minimum absolute atomic E-state index is 0.194. The topological polar surface area (TPSA) is 48.1 Å². The van der Waals surface area contributed by atoms with E-state index in [2.05, 4.69) is 39.0 Å². The molecule has 6 heteroatoms. The van der Waals surface area contributed by atoms with Crippen molar-refractivity contribution < 1.29 is 4.39 Å². The first kappa shape index (κ1) is 17.7. The molecule has 0 aliphatic carbocycles. The van der Waals surface area contributed by atoms with Crippen LogP contribution in [-0.4, -0.2) is 34.6 Å². The van der Waals surface area contributed by atoms with Crippen LogP contribution in [0, 0.1) is 5.82 Å². The van der Waals surface area contributed by atoms with Crippen LogP contribution in [0.25, 0.3) is 21.9 Å². The van der Waals surface area contributed by atoms with Gasteiger partial charge in [0.25, 0.3) is 0 Å². The molecule has 1 aromatic carbocycles. The fourth-order valence-electron chi connectivity index (χ4n) is 4.85. The maximum absolute atomic E-state index is 13.8. The third-order valence-corrected chi connectivity index (χ3v) is 6.45. The highest BCUT2D eigenvalue weighted by Crippen LogP contribution is 2.31. The second-order valence-electron chi connectivity index (χ2n) is 8.37. The van der Waals surface area contributed by atoms with Gasteiger partial charge in [0.05, 0.1) is 11.0 Å². The number of anilines is 2. The van der Waals surface area contributed by atoms with Gasteiger partial charge in [0.15, 0.2) is 0 Å². The second-order valence-corrected chi connectivity index (χ2v) is 8.37. The summed E-state index contributed by atoms with van der Waals surface area (Å²) in [5.41, 5.74) is 5.25. The molecule has 6 rings (SSSR count). The number of fused-ring (bicyclic) bond motifs is 4. The van der Waals surface area contributed by atoms with Gasteiger partial charge in [-0.05, 0) is 61.7 Å². The fraction of sp³-hybridized carbons (Fsp3) is 0.333. The zero-order valence-corrected chi connectivity index (χ0v) is 16.9. The highest BCUT2D eigenvalue weighted by molar-refractivity contribution is 5.85. The molecule has 30 heavy (non-hydrogen) atoms. The Kier molecular flexibility index (Phi) is 4.11. The number of nitrogens with one attached hydrogen (secondary N) is 1. The zero-order valence-electron chi connectivity index (χ0n) is 16.9. The monoisotopic (exact) mass is 401 g/mol.